The van der Waals surface area contributed by atoms with E-state index in [1.54, 1.807) is 41.8 Å². The molecule has 4 rings (SSSR count). The Morgan fingerprint density at radius 1 is 1.10 bits per heavy atom. The van der Waals surface area contributed by atoms with Crippen molar-refractivity contribution >= 4 is 28.5 Å². The number of aromatic nitrogens is 2. The SMILES string of the molecule is Cc1cc(NC(=O)c2ccc3c(=O)n4c(nc3c2)CCCCC4)ccc1C(=O)O. The van der Waals surface area contributed by atoms with Gasteiger partial charge in [0.1, 0.15) is 5.82 Å². The number of carbonyl (C=O) groups excluding carboxylic acids is 1. The van der Waals surface area contributed by atoms with Gasteiger partial charge in [-0.05, 0) is 61.7 Å². The first-order valence-corrected chi connectivity index (χ1v) is 9.63. The molecule has 7 heteroatoms. The molecule has 1 amide bonds. The van der Waals surface area contributed by atoms with Gasteiger partial charge in [0.15, 0.2) is 0 Å². The molecule has 0 atom stereocenters. The van der Waals surface area contributed by atoms with E-state index in [1.165, 1.54) is 6.07 Å². The predicted octanol–water partition coefficient (Wildman–Crippen LogP) is 3.38. The molecule has 0 unspecified atom stereocenters. The number of hydrogen-bond acceptors (Lipinski definition) is 4. The van der Waals surface area contributed by atoms with Crippen LogP contribution in [-0.2, 0) is 13.0 Å². The van der Waals surface area contributed by atoms with Crippen LogP contribution >= 0.6 is 0 Å². The van der Waals surface area contributed by atoms with E-state index in [0.29, 0.717) is 34.3 Å². The summed E-state index contributed by atoms with van der Waals surface area (Å²) >= 11 is 0. The minimum absolute atomic E-state index is 0.0567. The Morgan fingerprint density at radius 2 is 1.93 bits per heavy atom. The van der Waals surface area contributed by atoms with Gasteiger partial charge in [-0.3, -0.25) is 14.2 Å². The zero-order chi connectivity index (χ0) is 20.5. The molecule has 2 N–H and O–H groups in total. The van der Waals surface area contributed by atoms with Crippen molar-refractivity contribution in [2.24, 2.45) is 0 Å². The largest absolute Gasteiger partial charge is 0.478 e. The number of aromatic carboxylic acids is 1. The fourth-order valence-electron chi connectivity index (χ4n) is 3.74. The highest BCUT2D eigenvalue weighted by Gasteiger charge is 2.16. The zero-order valence-corrected chi connectivity index (χ0v) is 16.1. The lowest BCUT2D eigenvalue weighted by molar-refractivity contribution is 0.0696. The standard InChI is InChI=1S/C22H21N3O4/c1-13-11-15(7-9-16(13)22(28)29)23-20(26)14-6-8-17-18(12-14)24-19-5-3-2-4-10-25(19)21(17)27/h6-9,11-12H,2-5,10H2,1H3,(H,23,26)(H,28,29). The third kappa shape index (κ3) is 3.63. The van der Waals surface area contributed by atoms with Crippen molar-refractivity contribution in [1.29, 1.82) is 0 Å². The van der Waals surface area contributed by atoms with E-state index in [2.05, 4.69) is 10.3 Å². The number of carboxylic acid groups (broad SMARTS) is 1. The van der Waals surface area contributed by atoms with Crippen molar-refractivity contribution in [2.45, 2.75) is 39.2 Å². The van der Waals surface area contributed by atoms with Crippen molar-refractivity contribution in [3.05, 3.63) is 69.3 Å². The van der Waals surface area contributed by atoms with E-state index >= 15 is 0 Å². The third-order valence-corrected chi connectivity index (χ3v) is 5.29. The quantitative estimate of drug-likeness (QED) is 0.713. The number of aryl methyl sites for hydroxylation is 2. The minimum Gasteiger partial charge on any atom is -0.478 e. The normalized spacial score (nSPS) is 13.6. The molecule has 1 aromatic heterocycles. The van der Waals surface area contributed by atoms with Crippen LogP contribution in [0.25, 0.3) is 10.9 Å². The number of carboxylic acids is 1. The highest BCUT2D eigenvalue weighted by Crippen LogP contribution is 2.19. The Labute approximate surface area is 167 Å². The zero-order valence-electron chi connectivity index (χ0n) is 16.1. The number of carbonyl (C=O) groups is 2. The van der Waals surface area contributed by atoms with Crippen molar-refractivity contribution in [1.82, 2.24) is 9.55 Å². The Balaban J connectivity index is 1.65. The Bertz CT molecular complexity index is 1200. The maximum Gasteiger partial charge on any atom is 0.335 e. The van der Waals surface area contributed by atoms with Crippen LogP contribution in [0, 0.1) is 6.92 Å². The summed E-state index contributed by atoms with van der Waals surface area (Å²) in [7, 11) is 0. The average Bonchev–Trinajstić information content (AvgIpc) is 2.93. The maximum atomic E-state index is 12.8. The Kier molecular flexibility index (Phi) is 4.88. The number of benzene rings is 2. The van der Waals surface area contributed by atoms with Gasteiger partial charge in [0.2, 0.25) is 0 Å². The van der Waals surface area contributed by atoms with Gasteiger partial charge in [-0.25, -0.2) is 9.78 Å². The first kappa shape index (κ1) is 18.9. The molecule has 0 saturated carbocycles. The van der Waals surface area contributed by atoms with Crippen LogP contribution in [0.3, 0.4) is 0 Å². The van der Waals surface area contributed by atoms with Crippen LogP contribution in [0.2, 0.25) is 0 Å². The molecule has 0 aliphatic carbocycles. The van der Waals surface area contributed by atoms with Gasteiger partial charge < -0.3 is 10.4 Å². The summed E-state index contributed by atoms with van der Waals surface area (Å²) in [5, 5.41) is 12.4. The number of fused-ring (bicyclic) bond motifs is 2. The first-order valence-electron chi connectivity index (χ1n) is 9.63. The number of nitrogens with zero attached hydrogens (tertiary/aromatic N) is 2. The molecule has 0 spiro atoms. The average molecular weight is 391 g/mol. The van der Waals surface area contributed by atoms with Crippen molar-refractivity contribution in [2.75, 3.05) is 5.32 Å². The van der Waals surface area contributed by atoms with E-state index in [-0.39, 0.29) is 17.0 Å². The molecule has 0 bridgehead atoms. The van der Waals surface area contributed by atoms with Crippen LogP contribution in [-0.4, -0.2) is 26.5 Å². The summed E-state index contributed by atoms with van der Waals surface area (Å²) in [6.45, 7) is 2.36. The van der Waals surface area contributed by atoms with Gasteiger partial charge in [-0.15, -0.1) is 0 Å². The van der Waals surface area contributed by atoms with Crippen LogP contribution in [0.15, 0.2) is 41.2 Å². The fraction of sp³-hybridized carbons (Fsp3) is 0.273. The maximum absolute atomic E-state index is 12.8. The molecule has 1 aliphatic rings. The highest BCUT2D eigenvalue weighted by molar-refractivity contribution is 6.06. The molecule has 0 fully saturated rings. The van der Waals surface area contributed by atoms with Crippen LogP contribution in [0.5, 0.6) is 0 Å². The van der Waals surface area contributed by atoms with Gasteiger partial charge in [0.25, 0.3) is 11.5 Å². The van der Waals surface area contributed by atoms with Crippen molar-refractivity contribution < 1.29 is 14.7 Å². The summed E-state index contributed by atoms with van der Waals surface area (Å²) in [6.07, 6.45) is 3.81. The second-order valence-corrected chi connectivity index (χ2v) is 7.32. The lowest BCUT2D eigenvalue weighted by atomic mass is 10.1. The summed E-state index contributed by atoms with van der Waals surface area (Å²) < 4.78 is 1.75. The molecule has 7 nitrogen and oxygen atoms in total. The van der Waals surface area contributed by atoms with Gasteiger partial charge in [0.05, 0.1) is 16.5 Å². The fourth-order valence-corrected chi connectivity index (χ4v) is 3.74. The summed E-state index contributed by atoms with van der Waals surface area (Å²) in [5.41, 5.74) is 2.12. The van der Waals surface area contributed by atoms with E-state index in [0.717, 1.165) is 31.5 Å². The number of hydrogen-bond donors (Lipinski definition) is 2. The third-order valence-electron chi connectivity index (χ3n) is 5.29. The second-order valence-electron chi connectivity index (χ2n) is 7.32. The molecule has 0 saturated heterocycles. The monoisotopic (exact) mass is 391 g/mol. The number of rotatable bonds is 3. The van der Waals surface area contributed by atoms with E-state index in [9.17, 15) is 14.4 Å². The second kappa shape index (κ2) is 7.50. The number of anilines is 1. The summed E-state index contributed by atoms with van der Waals surface area (Å²) in [6, 6.07) is 9.54. The van der Waals surface area contributed by atoms with Gasteiger partial charge in [0, 0.05) is 24.2 Å². The molecule has 2 heterocycles. The summed E-state index contributed by atoms with van der Waals surface area (Å²) in [5.74, 6) is -0.574. The lowest BCUT2D eigenvalue weighted by Crippen LogP contribution is -2.24. The molecule has 0 radical (unpaired) electrons. The molecule has 2 aromatic carbocycles. The minimum atomic E-state index is -1.01. The van der Waals surface area contributed by atoms with Gasteiger partial charge >= 0.3 is 5.97 Å². The van der Waals surface area contributed by atoms with Crippen molar-refractivity contribution in [3.8, 4) is 0 Å². The molecular formula is C22H21N3O4. The Morgan fingerprint density at radius 3 is 2.69 bits per heavy atom. The van der Waals surface area contributed by atoms with Crippen molar-refractivity contribution in [3.63, 3.8) is 0 Å². The van der Waals surface area contributed by atoms with E-state index in [1.807, 2.05) is 0 Å². The molecule has 29 heavy (non-hydrogen) atoms. The van der Waals surface area contributed by atoms with E-state index < -0.39 is 5.97 Å². The molecule has 1 aliphatic heterocycles. The van der Waals surface area contributed by atoms with Gasteiger partial charge in [-0.2, -0.15) is 0 Å². The van der Waals surface area contributed by atoms with Crippen LogP contribution in [0.1, 0.15) is 51.4 Å². The molecular weight excluding hydrogens is 370 g/mol. The Hall–Kier alpha value is -3.48. The van der Waals surface area contributed by atoms with Crippen LogP contribution < -0.4 is 10.9 Å². The lowest BCUT2D eigenvalue weighted by Gasteiger charge is -2.11. The molecule has 148 valence electrons. The van der Waals surface area contributed by atoms with Crippen LogP contribution in [0.4, 0.5) is 5.69 Å². The summed E-state index contributed by atoms with van der Waals surface area (Å²) in [4.78, 5) is 41.3. The first-order chi connectivity index (χ1) is 13.9. The molecule has 3 aromatic rings. The number of amides is 1. The highest BCUT2D eigenvalue weighted by atomic mass is 16.4. The van der Waals surface area contributed by atoms with E-state index in [4.69, 9.17) is 5.11 Å². The topological polar surface area (TPSA) is 101 Å². The predicted molar refractivity (Wildman–Crippen MR) is 110 cm³/mol. The van der Waals surface area contributed by atoms with Gasteiger partial charge in [-0.1, -0.05) is 6.42 Å². The number of nitrogens with one attached hydrogen (secondary N) is 1. The smallest absolute Gasteiger partial charge is 0.335 e.